The molecule has 2 atom stereocenters. The van der Waals surface area contributed by atoms with Crippen LogP contribution in [0, 0.1) is 5.92 Å². The van der Waals surface area contributed by atoms with Gasteiger partial charge < -0.3 is 9.84 Å². The Kier molecular flexibility index (Phi) is 5.44. The lowest BCUT2D eigenvalue weighted by atomic mass is 9.72. The number of ether oxygens (including phenoxy) is 1. The lowest BCUT2D eigenvalue weighted by molar-refractivity contribution is -0.173. The van der Waals surface area contributed by atoms with E-state index in [0.717, 1.165) is 30.2 Å². The Hall–Kier alpha value is -0.870. The first kappa shape index (κ1) is 16.5. The Morgan fingerprint density at radius 1 is 1.43 bits per heavy atom. The van der Waals surface area contributed by atoms with Crippen molar-refractivity contribution in [1.82, 2.24) is 0 Å². The van der Waals surface area contributed by atoms with Gasteiger partial charge in [0.15, 0.2) is 5.60 Å². The molecule has 0 fully saturated rings. The minimum atomic E-state index is -1.35. The molecule has 0 heterocycles. The molecule has 4 heteroatoms. The van der Waals surface area contributed by atoms with Gasteiger partial charge in [-0.3, -0.25) is 0 Å². The zero-order valence-electron chi connectivity index (χ0n) is 12.7. The molecule has 21 heavy (non-hydrogen) atoms. The summed E-state index contributed by atoms with van der Waals surface area (Å²) in [5.74, 6) is -0.525. The van der Waals surface area contributed by atoms with E-state index in [2.05, 4.69) is 28.1 Å². The molecule has 1 aliphatic rings. The molecule has 0 aromatic heterocycles. The van der Waals surface area contributed by atoms with Crippen molar-refractivity contribution in [1.29, 1.82) is 0 Å². The molecule has 1 aromatic carbocycles. The second-order valence-electron chi connectivity index (χ2n) is 5.75. The summed E-state index contributed by atoms with van der Waals surface area (Å²) < 4.78 is 6.20. The van der Waals surface area contributed by atoms with E-state index >= 15 is 0 Å². The van der Waals surface area contributed by atoms with Crippen LogP contribution < -0.4 is 0 Å². The molecule has 116 valence electrons. The van der Waals surface area contributed by atoms with Crippen LogP contribution in [-0.2, 0) is 22.4 Å². The third-order valence-corrected chi connectivity index (χ3v) is 4.83. The van der Waals surface area contributed by atoms with Gasteiger partial charge in [0, 0.05) is 10.4 Å². The number of halogens is 1. The summed E-state index contributed by atoms with van der Waals surface area (Å²) in [6.45, 7) is 4.07. The highest BCUT2D eigenvalue weighted by Crippen LogP contribution is 2.37. The van der Waals surface area contributed by atoms with Crippen LogP contribution in [0.2, 0.25) is 0 Å². The summed E-state index contributed by atoms with van der Waals surface area (Å²) in [5.41, 5.74) is 1.19. The number of rotatable bonds is 5. The summed E-state index contributed by atoms with van der Waals surface area (Å²) >= 11 is 3.49. The predicted octanol–water partition coefficient (Wildman–Crippen LogP) is 3.65. The van der Waals surface area contributed by atoms with E-state index in [1.165, 1.54) is 11.1 Å². The van der Waals surface area contributed by atoms with Crippen LogP contribution in [0.3, 0.4) is 0 Å². The van der Waals surface area contributed by atoms with E-state index in [9.17, 15) is 9.90 Å². The minimum absolute atomic E-state index is 0.0647. The monoisotopic (exact) mass is 354 g/mol. The third kappa shape index (κ3) is 3.49. The van der Waals surface area contributed by atoms with E-state index in [4.69, 9.17) is 4.74 Å². The normalized spacial score (nSPS) is 20.5. The molecule has 3 nitrogen and oxygen atoms in total. The van der Waals surface area contributed by atoms with Crippen molar-refractivity contribution >= 4 is 21.9 Å². The van der Waals surface area contributed by atoms with E-state index in [1.54, 1.807) is 6.92 Å². The van der Waals surface area contributed by atoms with Crippen LogP contribution in [0.15, 0.2) is 22.7 Å². The Morgan fingerprint density at radius 2 is 2.19 bits per heavy atom. The topological polar surface area (TPSA) is 46.5 Å². The molecule has 0 amide bonds. The summed E-state index contributed by atoms with van der Waals surface area (Å²) in [6.07, 6.45) is 3.67. The Morgan fingerprint density at radius 3 is 2.86 bits per heavy atom. The van der Waals surface area contributed by atoms with Gasteiger partial charge in [-0.1, -0.05) is 35.3 Å². The van der Waals surface area contributed by atoms with Gasteiger partial charge >= 0.3 is 5.97 Å². The van der Waals surface area contributed by atoms with Crippen molar-refractivity contribution in [2.45, 2.75) is 51.6 Å². The molecule has 0 aliphatic heterocycles. The highest BCUT2D eigenvalue weighted by atomic mass is 79.9. The zero-order chi connectivity index (χ0) is 15.5. The van der Waals surface area contributed by atoms with Crippen molar-refractivity contribution in [2.75, 3.05) is 6.61 Å². The van der Waals surface area contributed by atoms with Crippen LogP contribution >= 0.6 is 15.9 Å². The number of carbonyl (C=O) groups excluding carboxylic acids is 1. The van der Waals surface area contributed by atoms with Gasteiger partial charge in [0.2, 0.25) is 0 Å². The number of aryl methyl sites for hydroxylation is 1. The maximum absolute atomic E-state index is 12.2. The number of benzene rings is 1. The molecular weight excluding hydrogens is 332 g/mol. The van der Waals surface area contributed by atoms with Gasteiger partial charge in [0.1, 0.15) is 0 Å². The molecule has 2 rings (SSSR count). The van der Waals surface area contributed by atoms with Crippen LogP contribution in [0.4, 0.5) is 0 Å². The molecular formula is C17H23BrO3. The Labute approximate surface area is 134 Å². The average Bonchev–Trinajstić information content (AvgIpc) is 2.47. The van der Waals surface area contributed by atoms with E-state index in [0.29, 0.717) is 13.0 Å². The first-order valence-corrected chi connectivity index (χ1v) is 8.47. The van der Waals surface area contributed by atoms with Crippen LogP contribution in [0.1, 0.15) is 44.2 Å². The van der Waals surface area contributed by atoms with Crippen molar-refractivity contribution in [3.8, 4) is 0 Å². The van der Waals surface area contributed by atoms with Crippen LogP contribution in [0.5, 0.6) is 0 Å². The summed E-state index contributed by atoms with van der Waals surface area (Å²) in [7, 11) is 0. The van der Waals surface area contributed by atoms with E-state index in [1.807, 2.05) is 13.0 Å². The van der Waals surface area contributed by atoms with Gasteiger partial charge in [-0.05, 0) is 55.9 Å². The number of esters is 1. The fourth-order valence-corrected chi connectivity index (χ4v) is 3.65. The SMILES string of the molecule is CCCC(O)(C(=O)OCC)C1CCc2cc(Br)ccc2C1. The van der Waals surface area contributed by atoms with Gasteiger partial charge in [-0.15, -0.1) is 0 Å². The number of hydrogen-bond donors (Lipinski definition) is 1. The molecule has 0 saturated heterocycles. The standard InChI is InChI=1S/C17H23BrO3/c1-3-9-17(20,16(19)21-4-2)14-7-5-13-11-15(18)8-6-12(13)10-14/h6,8,11,14,20H,3-5,7,9-10H2,1-2H3. The first-order chi connectivity index (χ1) is 10.0. The summed E-state index contributed by atoms with van der Waals surface area (Å²) in [4.78, 5) is 12.2. The smallest absolute Gasteiger partial charge is 0.338 e. The molecule has 1 aromatic rings. The van der Waals surface area contributed by atoms with E-state index in [-0.39, 0.29) is 5.92 Å². The highest BCUT2D eigenvalue weighted by molar-refractivity contribution is 9.10. The van der Waals surface area contributed by atoms with Gasteiger partial charge in [0.25, 0.3) is 0 Å². The minimum Gasteiger partial charge on any atom is -0.464 e. The van der Waals surface area contributed by atoms with Gasteiger partial charge in [0.05, 0.1) is 6.61 Å². The summed E-state index contributed by atoms with van der Waals surface area (Å²) in [6, 6.07) is 6.24. The second kappa shape index (κ2) is 6.93. The highest BCUT2D eigenvalue weighted by Gasteiger charge is 2.45. The van der Waals surface area contributed by atoms with Crippen molar-refractivity contribution in [2.24, 2.45) is 5.92 Å². The second-order valence-corrected chi connectivity index (χ2v) is 6.66. The number of hydrogen-bond acceptors (Lipinski definition) is 3. The fourth-order valence-electron chi connectivity index (χ4n) is 3.24. The van der Waals surface area contributed by atoms with Gasteiger partial charge in [-0.25, -0.2) is 4.79 Å². The molecule has 0 bridgehead atoms. The molecule has 1 aliphatic carbocycles. The molecule has 1 N–H and O–H groups in total. The number of fused-ring (bicyclic) bond motifs is 1. The van der Waals surface area contributed by atoms with Crippen LogP contribution in [-0.4, -0.2) is 23.3 Å². The maximum Gasteiger partial charge on any atom is 0.338 e. The largest absolute Gasteiger partial charge is 0.464 e. The predicted molar refractivity (Wildman–Crippen MR) is 86.1 cm³/mol. The molecule has 0 radical (unpaired) electrons. The molecule has 0 saturated carbocycles. The Bertz CT molecular complexity index is 515. The quantitative estimate of drug-likeness (QED) is 0.821. The third-order valence-electron chi connectivity index (χ3n) is 4.33. The van der Waals surface area contributed by atoms with E-state index < -0.39 is 11.6 Å². The zero-order valence-corrected chi connectivity index (χ0v) is 14.3. The number of carbonyl (C=O) groups is 1. The van der Waals surface area contributed by atoms with Gasteiger partial charge in [-0.2, -0.15) is 0 Å². The van der Waals surface area contributed by atoms with Crippen molar-refractivity contribution < 1.29 is 14.6 Å². The maximum atomic E-state index is 12.2. The van der Waals surface area contributed by atoms with Crippen LogP contribution in [0.25, 0.3) is 0 Å². The fraction of sp³-hybridized carbons (Fsp3) is 0.588. The Balaban J connectivity index is 2.23. The summed E-state index contributed by atoms with van der Waals surface area (Å²) in [5, 5.41) is 10.9. The first-order valence-electron chi connectivity index (χ1n) is 7.68. The van der Waals surface area contributed by atoms with Crippen molar-refractivity contribution in [3.05, 3.63) is 33.8 Å². The average molecular weight is 355 g/mol. The van der Waals surface area contributed by atoms with Crippen molar-refractivity contribution in [3.63, 3.8) is 0 Å². The lowest BCUT2D eigenvalue weighted by Crippen LogP contribution is -2.49. The number of aliphatic hydroxyl groups is 1. The molecule has 0 spiro atoms. The lowest BCUT2D eigenvalue weighted by Gasteiger charge is -2.37. The molecule has 2 unspecified atom stereocenters.